The molecule has 1 N–H and O–H groups in total. The monoisotopic (exact) mass is 564 g/mol. The molecule has 0 amide bonds. The lowest BCUT2D eigenvalue weighted by atomic mass is 10.1. The highest BCUT2D eigenvalue weighted by Crippen LogP contribution is 2.12. The Bertz CT molecular complexity index is 613. The van der Waals surface area contributed by atoms with E-state index in [1.807, 2.05) is 0 Å². The number of ether oxygens (including phenoxy) is 2. The van der Waals surface area contributed by atoms with Gasteiger partial charge in [0, 0.05) is 12.8 Å². The third-order valence-electron chi connectivity index (χ3n) is 7.22. The number of carbonyl (C=O) groups is 2. The minimum Gasteiger partial charge on any atom is -0.462 e. The predicted molar refractivity (Wildman–Crippen MR) is 168 cm³/mol. The number of carbonyl (C=O) groups excluding carboxylic acids is 2. The van der Waals surface area contributed by atoms with Gasteiger partial charge in [-0.15, -0.1) is 0 Å². The van der Waals surface area contributed by atoms with E-state index < -0.39 is 6.10 Å². The Hall–Kier alpha value is -1.62. The van der Waals surface area contributed by atoms with Crippen molar-refractivity contribution in [3.63, 3.8) is 0 Å². The summed E-state index contributed by atoms with van der Waals surface area (Å²) in [7, 11) is 0. The van der Waals surface area contributed by atoms with E-state index in [4.69, 9.17) is 9.47 Å². The molecule has 234 valence electrons. The molecular weight excluding hydrogens is 500 g/mol. The number of aliphatic hydroxyl groups is 1. The average molecular weight is 565 g/mol. The molecule has 0 rings (SSSR count). The lowest BCUT2D eigenvalue weighted by Crippen LogP contribution is -2.28. The number of hydrogen-bond acceptors (Lipinski definition) is 5. The van der Waals surface area contributed by atoms with Crippen molar-refractivity contribution in [2.45, 2.75) is 174 Å². The van der Waals surface area contributed by atoms with Gasteiger partial charge in [-0.2, -0.15) is 0 Å². The zero-order valence-electron chi connectivity index (χ0n) is 26.4. The number of hydrogen-bond donors (Lipinski definition) is 1. The first-order valence-corrected chi connectivity index (χ1v) is 16.9. The second-order valence-corrected chi connectivity index (χ2v) is 11.2. The SMILES string of the molecule is CCCCC/C=C\CCCCCCCC(=O)OCC(CO)OC(=O)CCCCCCC/C=C\CCCCCCC. The van der Waals surface area contributed by atoms with Crippen molar-refractivity contribution in [2.75, 3.05) is 13.2 Å². The van der Waals surface area contributed by atoms with Gasteiger partial charge in [0.05, 0.1) is 6.61 Å². The van der Waals surface area contributed by atoms with Gasteiger partial charge in [-0.1, -0.05) is 115 Å². The molecule has 0 saturated heterocycles. The average Bonchev–Trinajstić information content (AvgIpc) is 2.96. The first-order valence-electron chi connectivity index (χ1n) is 16.9. The first kappa shape index (κ1) is 38.4. The maximum Gasteiger partial charge on any atom is 0.306 e. The number of allylic oxidation sites excluding steroid dienone is 4. The van der Waals surface area contributed by atoms with Gasteiger partial charge in [0.25, 0.3) is 0 Å². The van der Waals surface area contributed by atoms with Crippen LogP contribution >= 0.6 is 0 Å². The molecule has 1 atom stereocenters. The molecule has 0 radical (unpaired) electrons. The molecular formula is C35H64O5. The zero-order chi connectivity index (χ0) is 29.4. The van der Waals surface area contributed by atoms with Crippen molar-refractivity contribution in [1.29, 1.82) is 0 Å². The summed E-state index contributed by atoms with van der Waals surface area (Å²) in [4.78, 5) is 24.1. The Morgan fingerprint density at radius 2 is 0.925 bits per heavy atom. The van der Waals surface area contributed by atoms with Crippen LogP contribution in [0.2, 0.25) is 0 Å². The fourth-order valence-corrected chi connectivity index (χ4v) is 4.60. The number of aliphatic hydroxyl groups excluding tert-OH is 1. The Labute approximate surface area is 247 Å². The highest BCUT2D eigenvalue weighted by Gasteiger charge is 2.16. The highest BCUT2D eigenvalue weighted by molar-refractivity contribution is 5.70. The third kappa shape index (κ3) is 29.4. The van der Waals surface area contributed by atoms with Gasteiger partial charge in [0.15, 0.2) is 6.10 Å². The highest BCUT2D eigenvalue weighted by atomic mass is 16.6. The lowest BCUT2D eigenvalue weighted by Gasteiger charge is -2.15. The molecule has 0 saturated carbocycles. The minimum absolute atomic E-state index is 0.0715. The molecule has 5 nitrogen and oxygen atoms in total. The molecule has 0 aromatic carbocycles. The Balaban J connectivity index is 3.61. The summed E-state index contributed by atoms with van der Waals surface area (Å²) in [6.07, 6.45) is 35.1. The summed E-state index contributed by atoms with van der Waals surface area (Å²) in [6, 6.07) is 0. The Morgan fingerprint density at radius 1 is 0.550 bits per heavy atom. The quantitative estimate of drug-likeness (QED) is 0.0534. The van der Waals surface area contributed by atoms with Gasteiger partial charge in [-0.05, 0) is 64.2 Å². The van der Waals surface area contributed by atoms with E-state index in [9.17, 15) is 14.7 Å². The van der Waals surface area contributed by atoms with E-state index in [0.717, 1.165) is 51.4 Å². The largest absolute Gasteiger partial charge is 0.462 e. The Morgan fingerprint density at radius 3 is 1.40 bits per heavy atom. The van der Waals surface area contributed by atoms with Crippen LogP contribution in [0.4, 0.5) is 0 Å². The topological polar surface area (TPSA) is 72.8 Å². The standard InChI is InChI=1S/C35H64O5/c1-3-5-7-9-11-13-15-17-18-20-22-24-26-28-30-35(38)40-33(31-36)32-39-34(37)29-27-25-23-21-19-16-14-12-10-8-6-4-2/h12,14-15,17,33,36H,3-11,13,16,18-32H2,1-2H3/b14-12-,17-15-. The van der Waals surface area contributed by atoms with Crippen LogP contribution < -0.4 is 0 Å². The van der Waals surface area contributed by atoms with Crippen LogP contribution in [-0.2, 0) is 19.1 Å². The molecule has 0 spiro atoms. The van der Waals surface area contributed by atoms with Crippen molar-refractivity contribution in [3.05, 3.63) is 24.3 Å². The van der Waals surface area contributed by atoms with Crippen molar-refractivity contribution in [1.82, 2.24) is 0 Å². The molecule has 0 aromatic heterocycles. The van der Waals surface area contributed by atoms with Crippen molar-refractivity contribution >= 4 is 11.9 Å². The fourth-order valence-electron chi connectivity index (χ4n) is 4.60. The number of rotatable bonds is 30. The summed E-state index contributed by atoms with van der Waals surface area (Å²) in [5.74, 6) is -0.612. The maximum absolute atomic E-state index is 12.1. The molecule has 0 aliphatic rings. The van der Waals surface area contributed by atoms with Gasteiger partial charge < -0.3 is 14.6 Å². The molecule has 5 heteroatoms. The van der Waals surface area contributed by atoms with Crippen molar-refractivity contribution in [2.24, 2.45) is 0 Å². The minimum atomic E-state index is -0.773. The fraction of sp³-hybridized carbons (Fsp3) is 0.829. The second-order valence-electron chi connectivity index (χ2n) is 11.2. The molecule has 0 fully saturated rings. The molecule has 0 bridgehead atoms. The molecule has 0 aliphatic carbocycles. The first-order chi connectivity index (χ1) is 19.6. The van der Waals surface area contributed by atoms with Crippen LogP contribution in [0.5, 0.6) is 0 Å². The zero-order valence-corrected chi connectivity index (χ0v) is 26.4. The van der Waals surface area contributed by atoms with E-state index in [-0.39, 0.29) is 25.2 Å². The van der Waals surface area contributed by atoms with Crippen LogP contribution in [0.25, 0.3) is 0 Å². The smallest absolute Gasteiger partial charge is 0.306 e. The summed E-state index contributed by atoms with van der Waals surface area (Å²) < 4.78 is 10.5. The van der Waals surface area contributed by atoms with Gasteiger partial charge in [0.2, 0.25) is 0 Å². The number of esters is 2. The van der Waals surface area contributed by atoms with Crippen LogP contribution in [-0.4, -0.2) is 36.4 Å². The van der Waals surface area contributed by atoms with Gasteiger partial charge >= 0.3 is 11.9 Å². The third-order valence-corrected chi connectivity index (χ3v) is 7.22. The molecule has 0 aliphatic heterocycles. The summed E-state index contributed by atoms with van der Waals surface area (Å²) >= 11 is 0. The van der Waals surface area contributed by atoms with Crippen LogP contribution in [0.1, 0.15) is 168 Å². The van der Waals surface area contributed by atoms with E-state index >= 15 is 0 Å². The normalized spacial score (nSPS) is 12.4. The molecule has 0 heterocycles. The van der Waals surface area contributed by atoms with E-state index in [0.29, 0.717) is 12.8 Å². The van der Waals surface area contributed by atoms with Crippen molar-refractivity contribution < 1.29 is 24.2 Å². The van der Waals surface area contributed by atoms with Crippen LogP contribution in [0.3, 0.4) is 0 Å². The van der Waals surface area contributed by atoms with E-state index in [1.165, 1.54) is 89.9 Å². The van der Waals surface area contributed by atoms with Gasteiger partial charge in [-0.25, -0.2) is 0 Å². The predicted octanol–water partition coefficient (Wildman–Crippen LogP) is 9.95. The van der Waals surface area contributed by atoms with Crippen LogP contribution in [0.15, 0.2) is 24.3 Å². The lowest BCUT2D eigenvalue weighted by molar-refractivity contribution is -0.161. The second kappa shape index (κ2) is 31.9. The van der Waals surface area contributed by atoms with Crippen molar-refractivity contribution in [3.8, 4) is 0 Å². The van der Waals surface area contributed by atoms with Gasteiger partial charge in [-0.3, -0.25) is 9.59 Å². The van der Waals surface area contributed by atoms with Crippen LogP contribution in [0, 0.1) is 0 Å². The van der Waals surface area contributed by atoms with Gasteiger partial charge in [0.1, 0.15) is 6.61 Å². The maximum atomic E-state index is 12.1. The number of unbranched alkanes of at least 4 members (excludes halogenated alkanes) is 18. The Kier molecular flexibility index (Phi) is 30.6. The summed E-state index contributed by atoms with van der Waals surface area (Å²) in [6.45, 7) is 4.07. The van der Waals surface area contributed by atoms with E-state index in [1.54, 1.807) is 0 Å². The molecule has 40 heavy (non-hydrogen) atoms. The summed E-state index contributed by atoms with van der Waals surface area (Å²) in [5, 5.41) is 9.49. The molecule has 1 unspecified atom stereocenters. The summed E-state index contributed by atoms with van der Waals surface area (Å²) in [5.41, 5.74) is 0. The van der Waals surface area contributed by atoms with E-state index in [2.05, 4.69) is 38.2 Å². The molecule has 0 aromatic rings.